The minimum Gasteiger partial charge on any atom is -0.444 e. The summed E-state index contributed by atoms with van der Waals surface area (Å²) in [6, 6.07) is 14.8. The highest BCUT2D eigenvalue weighted by Gasteiger charge is 2.22. The highest BCUT2D eigenvalue weighted by Crippen LogP contribution is 2.25. The molecule has 5 heteroatoms. The fourth-order valence-electron chi connectivity index (χ4n) is 2.18. The third-order valence-electron chi connectivity index (χ3n) is 3.75. The van der Waals surface area contributed by atoms with Gasteiger partial charge < -0.3 is 10.1 Å². The van der Waals surface area contributed by atoms with E-state index < -0.39 is 11.5 Å². The first-order chi connectivity index (χ1) is 12.3. The molecule has 0 bridgehead atoms. The van der Waals surface area contributed by atoms with E-state index in [1.165, 1.54) is 0 Å². The fourth-order valence-corrected chi connectivity index (χ4v) is 2.18. The normalized spacial score (nSPS) is 10.9. The lowest BCUT2D eigenvalue weighted by molar-refractivity contribution is -0.123. The number of nitrogens with one attached hydrogen (secondary N) is 2. The Balaban J connectivity index is 2.04. The molecule has 0 unspecified atom stereocenters. The van der Waals surface area contributed by atoms with Gasteiger partial charge in [-0.2, -0.15) is 0 Å². The molecule has 1 radical (unpaired) electrons. The van der Waals surface area contributed by atoms with Crippen LogP contribution in [0.3, 0.4) is 0 Å². The molecule has 137 valence electrons. The van der Waals surface area contributed by atoms with Crippen LogP contribution in [-0.4, -0.2) is 12.0 Å². The van der Waals surface area contributed by atoms with Crippen molar-refractivity contribution in [1.82, 2.24) is 0 Å². The second-order valence-electron chi connectivity index (χ2n) is 6.98. The Morgan fingerprint density at radius 1 is 1.04 bits per heavy atom. The number of ether oxygens (including phenoxy) is 1. The van der Waals surface area contributed by atoms with Gasteiger partial charge in [-0.1, -0.05) is 64.1 Å². The number of hydrogen-bond acceptors (Lipinski definition) is 3. The monoisotopic (exact) mass is 353 g/mol. The second-order valence-corrected chi connectivity index (χ2v) is 6.98. The van der Waals surface area contributed by atoms with Crippen molar-refractivity contribution < 1.29 is 14.3 Å². The van der Waals surface area contributed by atoms with Crippen molar-refractivity contribution in [3.05, 3.63) is 66.1 Å². The first-order valence-electron chi connectivity index (χ1n) is 8.52. The average Bonchev–Trinajstić information content (AvgIpc) is 2.60. The van der Waals surface area contributed by atoms with Crippen LogP contribution in [0.25, 0.3) is 0 Å². The number of benzene rings is 2. The van der Waals surface area contributed by atoms with Gasteiger partial charge in [-0.25, -0.2) is 4.79 Å². The summed E-state index contributed by atoms with van der Waals surface area (Å²) >= 11 is 0. The van der Waals surface area contributed by atoms with Gasteiger partial charge in [0.15, 0.2) is 0 Å². The van der Waals surface area contributed by atoms with Crippen LogP contribution in [0.1, 0.15) is 38.8 Å². The molecule has 0 aliphatic rings. The number of hydrogen-bond donors (Lipinski definition) is 2. The number of carbonyl (C=O) groups excluding carboxylic acids is 2. The molecule has 0 aromatic heterocycles. The number of rotatable bonds is 5. The predicted octanol–water partition coefficient (Wildman–Crippen LogP) is 4.99. The lowest BCUT2D eigenvalue weighted by Crippen LogP contribution is -2.28. The zero-order valence-electron chi connectivity index (χ0n) is 15.6. The third-order valence-corrected chi connectivity index (χ3v) is 3.75. The molecule has 0 heterocycles. The predicted molar refractivity (Wildman–Crippen MR) is 104 cm³/mol. The van der Waals surface area contributed by atoms with Crippen LogP contribution in [0.4, 0.5) is 16.2 Å². The summed E-state index contributed by atoms with van der Waals surface area (Å²) in [6.45, 7) is 7.63. The Morgan fingerprint density at radius 3 is 2.35 bits per heavy atom. The molecular weight excluding hydrogens is 328 g/mol. The van der Waals surface area contributed by atoms with Crippen LogP contribution < -0.4 is 10.6 Å². The van der Waals surface area contributed by atoms with Crippen molar-refractivity contribution >= 4 is 23.4 Å². The van der Waals surface area contributed by atoms with Gasteiger partial charge in [0.1, 0.15) is 6.61 Å². The van der Waals surface area contributed by atoms with Crippen LogP contribution in [0.15, 0.2) is 48.5 Å². The highest BCUT2D eigenvalue weighted by atomic mass is 16.5. The molecule has 5 nitrogen and oxygen atoms in total. The van der Waals surface area contributed by atoms with Crippen LogP contribution in [0, 0.1) is 11.8 Å². The van der Waals surface area contributed by atoms with Crippen LogP contribution in [0.5, 0.6) is 0 Å². The minimum atomic E-state index is -0.546. The molecule has 0 aliphatic heterocycles. The molecule has 0 spiro atoms. The van der Waals surface area contributed by atoms with E-state index in [4.69, 9.17) is 4.74 Å². The topological polar surface area (TPSA) is 67.4 Å². The summed E-state index contributed by atoms with van der Waals surface area (Å²) in [7, 11) is 0. The molecule has 0 saturated carbocycles. The summed E-state index contributed by atoms with van der Waals surface area (Å²) in [5, 5.41) is 5.60. The Labute approximate surface area is 154 Å². The Morgan fingerprint density at radius 2 is 1.73 bits per heavy atom. The van der Waals surface area contributed by atoms with E-state index >= 15 is 0 Å². The Kier molecular flexibility index (Phi) is 6.39. The van der Waals surface area contributed by atoms with Crippen LogP contribution in [0.2, 0.25) is 0 Å². The maximum absolute atomic E-state index is 12.3. The van der Waals surface area contributed by atoms with Crippen LogP contribution in [-0.2, 0) is 16.1 Å². The van der Waals surface area contributed by atoms with Gasteiger partial charge >= 0.3 is 6.09 Å². The van der Waals surface area contributed by atoms with Crippen molar-refractivity contribution in [3.8, 4) is 0 Å². The molecule has 2 rings (SSSR count). The van der Waals surface area contributed by atoms with E-state index in [9.17, 15) is 9.59 Å². The molecule has 2 N–H and O–H groups in total. The molecule has 2 aromatic carbocycles. The maximum atomic E-state index is 12.3. The van der Waals surface area contributed by atoms with Gasteiger partial charge in [0.25, 0.3) is 0 Å². The van der Waals surface area contributed by atoms with Crippen molar-refractivity contribution in [2.45, 2.75) is 34.3 Å². The maximum Gasteiger partial charge on any atom is 0.411 e. The van der Waals surface area contributed by atoms with E-state index in [0.717, 1.165) is 11.1 Å². The van der Waals surface area contributed by atoms with Gasteiger partial charge in [-0.15, -0.1) is 0 Å². The lowest BCUT2D eigenvalue weighted by atomic mass is 9.95. The Hall–Kier alpha value is -2.82. The molecular formula is C21H25N2O3. The van der Waals surface area contributed by atoms with Gasteiger partial charge in [0, 0.05) is 16.8 Å². The summed E-state index contributed by atoms with van der Waals surface area (Å²) in [5.41, 5.74) is 2.48. The summed E-state index contributed by atoms with van der Waals surface area (Å²) in [5.74, 6) is -0.0931. The number of carbonyl (C=O) groups is 2. The van der Waals surface area contributed by atoms with Crippen molar-refractivity contribution in [3.63, 3.8) is 0 Å². The minimum absolute atomic E-state index is 0.0931. The average molecular weight is 353 g/mol. The molecule has 0 atom stereocenters. The van der Waals surface area contributed by atoms with Crippen molar-refractivity contribution in [1.29, 1.82) is 0 Å². The SMILES string of the molecule is C[CH]c1ccc(NC(=O)OCc2ccccc2)cc1NC(=O)C(C)(C)C. The summed E-state index contributed by atoms with van der Waals surface area (Å²) < 4.78 is 5.22. The van der Waals surface area contributed by atoms with E-state index in [-0.39, 0.29) is 12.5 Å². The van der Waals surface area contributed by atoms with E-state index in [1.54, 1.807) is 12.1 Å². The highest BCUT2D eigenvalue weighted by molar-refractivity contribution is 5.96. The zero-order valence-corrected chi connectivity index (χ0v) is 15.6. The second kappa shape index (κ2) is 8.52. The number of anilines is 2. The lowest BCUT2D eigenvalue weighted by Gasteiger charge is -2.20. The molecule has 0 saturated heterocycles. The number of amides is 2. The van der Waals surface area contributed by atoms with Crippen molar-refractivity contribution in [2.75, 3.05) is 10.6 Å². The molecule has 2 amide bonds. The zero-order chi connectivity index (χ0) is 19.2. The summed E-state index contributed by atoms with van der Waals surface area (Å²) in [6.07, 6.45) is 1.35. The third kappa shape index (κ3) is 5.62. The molecule has 26 heavy (non-hydrogen) atoms. The first-order valence-corrected chi connectivity index (χ1v) is 8.52. The standard InChI is InChI=1S/C21H25N2O3/c1-5-16-11-12-17(13-18(16)23-19(24)21(2,3)4)22-20(25)26-14-15-9-7-6-8-10-15/h5-13H,14H2,1-4H3,(H,22,25)(H,23,24). The molecule has 0 fully saturated rings. The molecule has 0 aliphatic carbocycles. The smallest absolute Gasteiger partial charge is 0.411 e. The van der Waals surface area contributed by atoms with E-state index in [2.05, 4.69) is 10.6 Å². The van der Waals surface area contributed by atoms with Gasteiger partial charge in [0.2, 0.25) is 5.91 Å². The van der Waals surface area contributed by atoms with E-state index in [1.807, 2.05) is 70.5 Å². The van der Waals surface area contributed by atoms with Gasteiger partial charge in [-0.3, -0.25) is 10.1 Å². The first kappa shape index (κ1) is 19.5. The Bertz CT molecular complexity index is 765. The van der Waals surface area contributed by atoms with E-state index in [0.29, 0.717) is 11.4 Å². The summed E-state index contributed by atoms with van der Waals surface area (Å²) in [4.78, 5) is 24.3. The van der Waals surface area contributed by atoms with Gasteiger partial charge in [-0.05, 0) is 29.7 Å². The van der Waals surface area contributed by atoms with Crippen LogP contribution >= 0.6 is 0 Å². The quantitative estimate of drug-likeness (QED) is 0.795. The van der Waals surface area contributed by atoms with Gasteiger partial charge in [0.05, 0.1) is 0 Å². The van der Waals surface area contributed by atoms with Crippen molar-refractivity contribution in [2.24, 2.45) is 5.41 Å². The fraction of sp³-hybridized carbons (Fsp3) is 0.286. The largest absolute Gasteiger partial charge is 0.444 e. The molecule has 2 aromatic rings.